The van der Waals surface area contributed by atoms with Crippen LogP contribution in [0.5, 0.6) is 0 Å². The van der Waals surface area contributed by atoms with Crippen LogP contribution in [0, 0.1) is 10.1 Å². The van der Waals surface area contributed by atoms with Crippen molar-refractivity contribution in [1.29, 1.82) is 0 Å². The maximum atomic E-state index is 12.2. The number of nitrogens with one attached hydrogen (secondary N) is 1. The standard InChI is InChI=1S/C17H13N3O3/c21-17(16-10-7-13-3-1-2-4-15(13)19-16)18-11-12-5-8-14(9-6-12)20(22)23/h1-10H,11H2,(H,18,21). The molecule has 0 aliphatic rings. The number of fused-ring (bicyclic) bond motifs is 1. The molecule has 0 aliphatic carbocycles. The molecule has 0 saturated carbocycles. The molecule has 0 aliphatic heterocycles. The van der Waals surface area contributed by atoms with Gasteiger partial charge in [-0.25, -0.2) is 4.98 Å². The number of hydrogen-bond acceptors (Lipinski definition) is 4. The Bertz CT molecular complexity index is 876. The Kier molecular flexibility index (Phi) is 3.97. The number of carbonyl (C=O) groups is 1. The van der Waals surface area contributed by atoms with Gasteiger partial charge in [-0.1, -0.05) is 36.4 Å². The molecule has 6 nitrogen and oxygen atoms in total. The van der Waals surface area contributed by atoms with Gasteiger partial charge in [0.25, 0.3) is 11.6 Å². The van der Waals surface area contributed by atoms with Crippen molar-refractivity contribution in [2.45, 2.75) is 6.54 Å². The van der Waals surface area contributed by atoms with Gasteiger partial charge in [-0.3, -0.25) is 14.9 Å². The van der Waals surface area contributed by atoms with Crippen LogP contribution < -0.4 is 5.32 Å². The normalized spacial score (nSPS) is 10.4. The lowest BCUT2D eigenvalue weighted by molar-refractivity contribution is -0.384. The van der Waals surface area contributed by atoms with Crippen molar-refractivity contribution in [2.75, 3.05) is 0 Å². The lowest BCUT2D eigenvalue weighted by atomic mass is 10.2. The summed E-state index contributed by atoms with van der Waals surface area (Å²) in [6.07, 6.45) is 0. The molecule has 0 radical (unpaired) electrons. The zero-order chi connectivity index (χ0) is 16.2. The molecule has 3 rings (SSSR count). The number of hydrogen-bond donors (Lipinski definition) is 1. The van der Waals surface area contributed by atoms with Gasteiger partial charge in [0.2, 0.25) is 0 Å². The molecule has 0 spiro atoms. The third-order valence-electron chi connectivity index (χ3n) is 3.43. The fourth-order valence-corrected chi connectivity index (χ4v) is 2.20. The highest BCUT2D eigenvalue weighted by molar-refractivity contribution is 5.94. The van der Waals surface area contributed by atoms with Gasteiger partial charge in [0.15, 0.2) is 0 Å². The molecule has 0 saturated heterocycles. The molecule has 1 aromatic heterocycles. The molecule has 0 bridgehead atoms. The van der Waals surface area contributed by atoms with Crippen molar-refractivity contribution >= 4 is 22.5 Å². The lowest BCUT2D eigenvalue weighted by Crippen LogP contribution is -2.23. The van der Waals surface area contributed by atoms with Crippen molar-refractivity contribution in [3.05, 3.63) is 82.0 Å². The van der Waals surface area contributed by atoms with Crippen LogP contribution >= 0.6 is 0 Å². The van der Waals surface area contributed by atoms with E-state index >= 15 is 0 Å². The van der Waals surface area contributed by atoms with Crippen molar-refractivity contribution in [3.63, 3.8) is 0 Å². The van der Waals surface area contributed by atoms with E-state index in [1.165, 1.54) is 12.1 Å². The second-order valence-corrected chi connectivity index (χ2v) is 5.00. The number of nitro groups is 1. The number of nitro benzene ring substituents is 1. The zero-order valence-electron chi connectivity index (χ0n) is 12.1. The summed E-state index contributed by atoms with van der Waals surface area (Å²) in [6, 6.07) is 17.1. The van der Waals surface area contributed by atoms with E-state index in [0.717, 1.165) is 16.5 Å². The average molecular weight is 307 g/mol. The van der Waals surface area contributed by atoms with Crippen LogP contribution in [-0.2, 0) is 6.54 Å². The van der Waals surface area contributed by atoms with Crippen LogP contribution in [0.2, 0.25) is 0 Å². The fourth-order valence-electron chi connectivity index (χ4n) is 2.20. The third-order valence-corrected chi connectivity index (χ3v) is 3.43. The van der Waals surface area contributed by atoms with Crippen molar-refractivity contribution in [3.8, 4) is 0 Å². The van der Waals surface area contributed by atoms with Crippen LogP contribution in [0.3, 0.4) is 0 Å². The Balaban J connectivity index is 1.69. The van der Waals surface area contributed by atoms with Crippen LogP contribution in [0.25, 0.3) is 10.9 Å². The third kappa shape index (κ3) is 3.32. The molecule has 2 aromatic carbocycles. The minimum atomic E-state index is -0.457. The van der Waals surface area contributed by atoms with Gasteiger partial charge in [-0.05, 0) is 17.7 Å². The zero-order valence-corrected chi connectivity index (χ0v) is 12.1. The summed E-state index contributed by atoms with van der Waals surface area (Å²) >= 11 is 0. The summed E-state index contributed by atoms with van der Waals surface area (Å²) in [5, 5.41) is 14.3. The fraction of sp³-hybridized carbons (Fsp3) is 0.0588. The predicted octanol–water partition coefficient (Wildman–Crippen LogP) is 3.07. The highest BCUT2D eigenvalue weighted by atomic mass is 16.6. The Morgan fingerprint density at radius 3 is 2.52 bits per heavy atom. The molecule has 1 heterocycles. The summed E-state index contributed by atoms with van der Waals surface area (Å²) in [5.41, 5.74) is 1.90. The van der Waals surface area contributed by atoms with E-state index in [1.807, 2.05) is 30.3 Å². The predicted molar refractivity (Wildman–Crippen MR) is 86.0 cm³/mol. The largest absolute Gasteiger partial charge is 0.347 e. The van der Waals surface area contributed by atoms with Gasteiger partial charge < -0.3 is 5.32 Å². The van der Waals surface area contributed by atoms with E-state index in [1.54, 1.807) is 18.2 Å². The highest BCUT2D eigenvalue weighted by Crippen LogP contribution is 2.13. The second kappa shape index (κ2) is 6.23. The molecule has 1 amide bonds. The number of nitrogens with zero attached hydrogens (tertiary/aromatic N) is 2. The van der Waals surface area contributed by atoms with E-state index in [2.05, 4.69) is 10.3 Å². The summed E-state index contributed by atoms with van der Waals surface area (Å²) < 4.78 is 0. The Hall–Kier alpha value is -3.28. The van der Waals surface area contributed by atoms with Gasteiger partial charge in [-0.15, -0.1) is 0 Å². The minimum Gasteiger partial charge on any atom is -0.347 e. The second-order valence-electron chi connectivity index (χ2n) is 5.00. The van der Waals surface area contributed by atoms with E-state index in [0.29, 0.717) is 5.69 Å². The highest BCUT2D eigenvalue weighted by Gasteiger charge is 2.09. The number of aromatic nitrogens is 1. The Labute approximate surface area is 131 Å². The minimum absolute atomic E-state index is 0.0243. The van der Waals surface area contributed by atoms with Crippen LogP contribution in [0.1, 0.15) is 16.1 Å². The topological polar surface area (TPSA) is 85.1 Å². The molecule has 1 N–H and O–H groups in total. The van der Waals surface area contributed by atoms with Gasteiger partial charge in [-0.2, -0.15) is 0 Å². The molecule has 0 atom stereocenters. The Morgan fingerprint density at radius 1 is 1.04 bits per heavy atom. The maximum Gasteiger partial charge on any atom is 0.270 e. The van der Waals surface area contributed by atoms with Crippen LogP contribution in [0.15, 0.2) is 60.7 Å². The van der Waals surface area contributed by atoms with E-state index in [-0.39, 0.29) is 18.1 Å². The van der Waals surface area contributed by atoms with Gasteiger partial charge >= 0.3 is 0 Å². The SMILES string of the molecule is O=C(NCc1ccc([N+](=O)[O-])cc1)c1ccc2ccccc2n1. The monoisotopic (exact) mass is 307 g/mol. The quantitative estimate of drug-likeness (QED) is 0.593. The number of pyridine rings is 1. The van der Waals surface area contributed by atoms with Crippen LogP contribution in [0.4, 0.5) is 5.69 Å². The van der Waals surface area contributed by atoms with E-state index in [9.17, 15) is 14.9 Å². The van der Waals surface area contributed by atoms with Gasteiger partial charge in [0.1, 0.15) is 5.69 Å². The van der Waals surface area contributed by atoms with Crippen LogP contribution in [-0.4, -0.2) is 15.8 Å². The summed E-state index contributed by atoms with van der Waals surface area (Å²) in [5.74, 6) is -0.283. The van der Waals surface area contributed by atoms with Crippen molar-refractivity contribution in [1.82, 2.24) is 10.3 Å². The Morgan fingerprint density at radius 2 is 1.78 bits per heavy atom. The number of para-hydroxylation sites is 1. The van der Waals surface area contributed by atoms with E-state index in [4.69, 9.17) is 0 Å². The first-order valence-corrected chi connectivity index (χ1v) is 7.01. The maximum absolute atomic E-state index is 12.2. The molecule has 0 unspecified atom stereocenters. The molecule has 114 valence electrons. The number of amides is 1. The molecular formula is C17H13N3O3. The molecule has 6 heteroatoms. The van der Waals surface area contributed by atoms with Gasteiger partial charge in [0, 0.05) is 24.1 Å². The average Bonchev–Trinajstić information content (AvgIpc) is 2.59. The summed E-state index contributed by atoms with van der Waals surface area (Å²) in [4.78, 5) is 26.6. The van der Waals surface area contributed by atoms with E-state index < -0.39 is 4.92 Å². The summed E-state index contributed by atoms with van der Waals surface area (Å²) in [7, 11) is 0. The summed E-state index contributed by atoms with van der Waals surface area (Å²) in [6.45, 7) is 0.283. The number of rotatable bonds is 4. The molecule has 3 aromatic rings. The lowest BCUT2D eigenvalue weighted by Gasteiger charge is -2.06. The molecule has 23 heavy (non-hydrogen) atoms. The first-order valence-electron chi connectivity index (χ1n) is 7.01. The molecule has 0 fully saturated rings. The number of carbonyl (C=O) groups excluding carboxylic acids is 1. The first kappa shape index (κ1) is 14.6. The number of benzene rings is 2. The number of non-ortho nitro benzene ring substituents is 1. The van der Waals surface area contributed by atoms with Crippen molar-refractivity contribution in [2.24, 2.45) is 0 Å². The first-order chi connectivity index (χ1) is 11.1. The smallest absolute Gasteiger partial charge is 0.270 e. The van der Waals surface area contributed by atoms with Gasteiger partial charge in [0.05, 0.1) is 10.4 Å². The molecular weight excluding hydrogens is 294 g/mol. The van der Waals surface area contributed by atoms with Crippen molar-refractivity contribution < 1.29 is 9.72 Å².